The molecule has 82 valence electrons. The van der Waals surface area contributed by atoms with E-state index in [2.05, 4.69) is 9.97 Å². The monoisotopic (exact) mass is 226 g/mol. The van der Waals surface area contributed by atoms with E-state index in [9.17, 15) is 0 Å². The first-order valence-corrected chi connectivity index (χ1v) is 4.70. The zero-order chi connectivity index (χ0) is 11.6. The fourth-order valence-corrected chi connectivity index (χ4v) is 0.215. The van der Waals surface area contributed by atoms with Crippen molar-refractivity contribution in [3.63, 3.8) is 0 Å². The molecule has 0 radical (unpaired) electrons. The van der Waals surface area contributed by atoms with E-state index in [0.717, 1.165) is 6.92 Å². The summed E-state index contributed by atoms with van der Waals surface area (Å²) in [6.45, 7) is 1.08. The molecular weight excluding hydrogens is 215 g/mol. The number of nitrogens with zero attached hydrogens (tertiary/aromatic N) is 1. The molecule has 9 heteroatoms. The van der Waals surface area contributed by atoms with E-state index in [0.29, 0.717) is 0 Å². The van der Waals surface area contributed by atoms with Crippen LogP contribution in [0.25, 0.3) is 0 Å². The van der Waals surface area contributed by atoms with Crippen molar-refractivity contribution in [1.29, 1.82) is 0 Å². The number of hydrogen-bond donors (Lipinski definition) is 5. The summed E-state index contributed by atoms with van der Waals surface area (Å²) in [5, 5.41) is 7.42. The van der Waals surface area contributed by atoms with Crippen molar-refractivity contribution < 1.29 is 29.1 Å². The van der Waals surface area contributed by atoms with Crippen LogP contribution in [0.15, 0.2) is 18.7 Å². The average Bonchev–Trinajstić information content (AvgIpc) is 2.32. The lowest BCUT2D eigenvalue weighted by molar-refractivity contribution is -0.134. The standard InChI is InChI=1S/C3H4N2.C2H4O2.H3O4P/c1-2-5-3-4-1;1-2(3)4;1-5(2,3)4/h1-3H,(H,4,5);1H3,(H,3,4);(H3,1,2,3,4). The molecule has 0 atom stereocenters. The molecule has 0 aliphatic heterocycles. The minimum Gasteiger partial charge on any atom is -0.481 e. The summed E-state index contributed by atoms with van der Waals surface area (Å²) in [5.74, 6) is -0.833. The average molecular weight is 226 g/mol. The third-order valence-corrected chi connectivity index (χ3v) is 0.406. The normalized spacial score (nSPS) is 8.86. The van der Waals surface area contributed by atoms with E-state index in [-0.39, 0.29) is 0 Å². The predicted molar refractivity (Wildman–Crippen MR) is 46.2 cm³/mol. The first-order valence-electron chi connectivity index (χ1n) is 3.14. The second-order valence-electron chi connectivity index (χ2n) is 1.79. The Hall–Kier alpha value is -1.21. The highest BCUT2D eigenvalue weighted by Crippen LogP contribution is 2.25. The number of phosphoric acid groups is 1. The molecule has 0 saturated heterocycles. The maximum absolute atomic E-state index is 9.00. The number of aliphatic carboxylic acids is 1. The van der Waals surface area contributed by atoms with Gasteiger partial charge in [-0.25, -0.2) is 9.55 Å². The van der Waals surface area contributed by atoms with E-state index in [4.69, 9.17) is 29.1 Å². The van der Waals surface area contributed by atoms with Gasteiger partial charge in [0.15, 0.2) is 0 Å². The molecule has 0 saturated carbocycles. The molecule has 0 spiro atoms. The van der Waals surface area contributed by atoms with Crippen LogP contribution in [0.1, 0.15) is 6.92 Å². The van der Waals surface area contributed by atoms with Gasteiger partial charge in [-0.3, -0.25) is 4.79 Å². The summed E-state index contributed by atoms with van der Waals surface area (Å²) < 4.78 is 8.88. The molecule has 1 heterocycles. The summed E-state index contributed by atoms with van der Waals surface area (Å²) in [6, 6.07) is 0. The van der Waals surface area contributed by atoms with Crippen molar-refractivity contribution in [3.8, 4) is 0 Å². The van der Waals surface area contributed by atoms with Crippen LogP contribution >= 0.6 is 7.82 Å². The minimum atomic E-state index is -4.64. The highest BCUT2D eigenvalue weighted by Gasteiger charge is 2.00. The lowest BCUT2D eigenvalue weighted by Crippen LogP contribution is -1.78. The van der Waals surface area contributed by atoms with Gasteiger partial charge in [0.25, 0.3) is 5.97 Å². The molecule has 1 aromatic heterocycles. The fraction of sp³-hybridized carbons (Fsp3) is 0.200. The third-order valence-electron chi connectivity index (χ3n) is 0.406. The summed E-state index contributed by atoms with van der Waals surface area (Å²) in [5.41, 5.74) is 0. The Kier molecular flexibility index (Phi) is 9.15. The van der Waals surface area contributed by atoms with Gasteiger partial charge in [0.2, 0.25) is 0 Å². The van der Waals surface area contributed by atoms with Crippen molar-refractivity contribution >= 4 is 13.8 Å². The highest BCUT2D eigenvalue weighted by atomic mass is 31.2. The molecule has 8 nitrogen and oxygen atoms in total. The van der Waals surface area contributed by atoms with Crippen LogP contribution in [-0.4, -0.2) is 35.7 Å². The quantitative estimate of drug-likeness (QED) is 0.377. The number of aromatic amines is 1. The smallest absolute Gasteiger partial charge is 0.466 e. The molecule has 0 aliphatic carbocycles. The molecule has 1 rings (SSSR count). The lowest BCUT2D eigenvalue weighted by atomic mass is 10.9. The number of carbonyl (C=O) groups is 1. The van der Waals surface area contributed by atoms with Crippen molar-refractivity contribution in [1.82, 2.24) is 9.97 Å². The first kappa shape index (κ1) is 15.3. The van der Waals surface area contributed by atoms with Crippen LogP contribution in [-0.2, 0) is 9.36 Å². The number of carboxylic acids is 1. The summed E-state index contributed by atoms with van der Waals surface area (Å²) in [7, 11) is -4.64. The van der Waals surface area contributed by atoms with Crippen LogP contribution in [0.2, 0.25) is 0 Å². The van der Waals surface area contributed by atoms with Crippen LogP contribution in [0.3, 0.4) is 0 Å². The third kappa shape index (κ3) is 72.0. The first-order chi connectivity index (χ1) is 6.23. The molecule has 0 aliphatic rings. The molecule has 5 N–H and O–H groups in total. The van der Waals surface area contributed by atoms with Crippen molar-refractivity contribution in [2.45, 2.75) is 6.92 Å². The van der Waals surface area contributed by atoms with Gasteiger partial charge < -0.3 is 24.8 Å². The lowest BCUT2D eigenvalue weighted by Gasteiger charge is -1.82. The number of carboxylic acid groups (broad SMARTS) is 1. The van der Waals surface area contributed by atoms with E-state index < -0.39 is 13.8 Å². The minimum absolute atomic E-state index is 0.833. The Morgan fingerprint density at radius 3 is 1.86 bits per heavy atom. The molecular formula is C5H11N2O6P. The number of hydrogen-bond acceptors (Lipinski definition) is 3. The van der Waals surface area contributed by atoms with Crippen molar-refractivity contribution in [2.24, 2.45) is 0 Å². The van der Waals surface area contributed by atoms with E-state index in [1.54, 1.807) is 18.7 Å². The van der Waals surface area contributed by atoms with E-state index in [1.165, 1.54) is 0 Å². The largest absolute Gasteiger partial charge is 0.481 e. The number of rotatable bonds is 0. The predicted octanol–water partition coefficient (Wildman–Crippen LogP) is -0.428. The summed E-state index contributed by atoms with van der Waals surface area (Å²) in [6.07, 6.45) is 5.08. The second-order valence-corrected chi connectivity index (χ2v) is 2.82. The maximum Gasteiger partial charge on any atom is 0.466 e. The Bertz CT molecular complexity index is 238. The number of H-pyrrole nitrogens is 1. The van der Waals surface area contributed by atoms with E-state index in [1.807, 2.05) is 0 Å². The van der Waals surface area contributed by atoms with Gasteiger partial charge in [0.1, 0.15) is 0 Å². The Morgan fingerprint density at radius 1 is 1.43 bits per heavy atom. The summed E-state index contributed by atoms with van der Waals surface area (Å²) >= 11 is 0. The second kappa shape index (κ2) is 8.39. The molecule has 0 unspecified atom stereocenters. The number of nitrogens with one attached hydrogen (secondary N) is 1. The Balaban J connectivity index is 0. The zero-order valence-electron chi connectivity index (χ0n) is 7.23. The Labute approximate surface area is 79.5 Å². The van der Waals surface area contributed by atoms with Crippen LogP contribution in [0.5, 0.6) is 0 Å². The molecule has 1 aromatic rings. The van der Waals surface area contributed by atoms with Gasteiger partial charge in [0, 0.05) is 19.3 Å². The van der Waals surface area contributed by atoms with Gasteiger partial charge in [-0.2, -0.15) is 0 Å². The zero-order valence-corrected chi connectivity index (χ0v) is 8.13. The maximum atomic E-state index is 9.00. The number of aromatic nitrogens is 2. The van der Waals surface area contributed by atoms with Gasteiger partial charge in [-0.15, -0.1) is 0 Å². The number of imidazole rings is 1. The highest BCUT2D eigenvalue weighted by molar-refractivity contribution is 7.45. The Morgan fingerprint density at radius 2 is 1.79 bits per heavy atom. The van der Waals surface area contributed by atoms with Crippen LogP contribution in [0.4, 0.5) is 0 Å². The molecule has 0 aromatic carbocycles. The topological polar surface area (TPSA) is 144 Å². The van der Waals surface area contributed by atoms with Gasteiger partial charge >= 0.3 is 7.82 Å². The fourth-order valence-electron chi connectivity index (χ4n) is 0.215. The molecule has 14 heavy (non-hydrogen) atoms. The van der Waals surface area contributed by atoms with Gasteiger partial charge in [-0.1, -0.05) is 0 Å². The molecule has 0 fully saturated rings. The molecule has 0 amide bonds. The van der Waals surface area contributed by atoms with Crippen molar-refractivity contribution in [3.05, 3.63) is 18.7 Å². The van der Waals surface area contributed by atoms with Crippen LogP contribution < -0.4 is 0 Å². The van der Waals surface area contributed by atoms with Crippen molar-refractivity contribution in [2.75, 3.05) is 0 Å². The van der Waals surface area contributed by atoms with Gasteiger partial charge in [0.05, 0.1) is 6.33 Å². The van der Waals surface area contributed by atoms with E-state index >= 15 is 0 Å². The van der Waals surface area contributed by atoms with Crippen LogP contribution in [0, 0.1) is 0 Å². The molecule has 0 bridgehead atoms. The SMILES string of the molecule is CC(=O)O.O=P(O)(O)O.c1c[nH]cn1. The summed E-state index contributed by atoms with van der Waals surface area (Å²) in [4.78, 5) is 37.0. The van der Waals surface area contributed by atoms with Gasteiger partial charge in [-0.05, 0) is 0 Å².